The van der Waals surface area contributed by atoms with Crippen molar-refractivity contribution in [2.24, 2.45) is 0 Å². The summed E-state index contributed by atoms with van der Waals surface area (Å²) in [6.07, 6.45) is -2.62. The summed E-state index contributed by atoms with van der Waals surface area (Å²) in [6, 6.07) is 20.0. The average Bonchev–Trinajstić information content (AvgIpc) is 2.69. The van der Waals surface area contributed by atoms with Crippen LogP contribution >= 0.6 is 0 Å². The Morgan fingerprint density at radius 2 is 1.33 bits per heavy atom. The summed E-state index contributed by atoms with van der Waals surface area (Å²) in [5.41, 5.74) is -0.867. The molecule has 2 aromatic rings. The third kappa shape index (κ3) is 5.89. The van der Waals surface area contributed by atoms with Crippen molar-refractivity contribution >= 4 is 30.4 Å². The van der Waals surface area contributed by atoms with E-state index < -0.39 is 32.0 Å². The maximum atomic E-state index is 12.4. The van der Waals surface area contributed by atoms with Crippen LogP contribution in [-0.4, -0.2) is 32.3 Å². The van der Waals surface area contributed by atoms with Gasteiger partial charge >= 0.3 is 5.97 Å². The van der Waals surface area contributed by atoms with Crippen molar-refractivity contribution < 1.29 is 21.5 Å². The minimum Gasteiger partial charge on any atom is -0.454 e. The summed E-state index contributed by atoms with van der Waals surface area (Å²) < 4.78 is 28.1. The molecule has 0 heterocycles. The third-order valence-electron chi connectivity index (χ3n) is 4.71. The number of ether oxygens (including phenoxy) is 1. The normalized spacial score (nSPS) is 13.9. The van der Waals surface area contributed by atoms with Crippen LogP contribution in [0.3, 0.4) is 0 Å². The molecule has 0 aromatic heterocycles. The molecule has 0 fully saturated rings. The molecule has 0 spiro atoms. The first-order valence-corrected chi connectivity index (χ1v) is 12.1. The highest BCUT2D eigenvalue weighted by atomic mass is 28.4. The van der Waals surface area contributed by atoms with Gasteiger partial charge in [-0.2, -0.15) is 0 Å². The molecule has 0 radical (unpaired) electrons. The number of carbonyl (C=O) groups excluding carboxylic acids is 2. The monoisotopic (exact) mass is 428 g/mol. The predicted molar refractivity (Wildman–Crippen MR) is 124 cm³/mol. The van der Waals surface area contributed by atoms with Gasteiger partial charge in [-0.05, 0) is 42.6 Å². The quantitative estimate of drug-likeness (QED) is 0.358. The first-order chi connectivity index (χ1) is 14.7. The largest absolute Gasteiger partial charge is 0.454 e. The molecule has 0 amide bonds. The molecule has 0 saturated heterocycles. The summed E-state index contributed by atoms with van der Waals surface area (Å²) in [5.74, 6) is -2.34. The van der Waals surface area contributed by atoms with Crippen molar-refractivity contribution in [1.82, 2.24) is 0 Å². The number of rotatable bonds is 8. The molecular weight excluding hydrogens is 392 g/mol. The van der Waals surface area contributed by atoms with E-state index in [1.807, 2.05) is 60.7 Å². The first kappa shape index (κ1) is 21.0. The van der Waals surface area contributed by atoms with Gasteiger partial charge in [0.05, 0.1) is 0 Å². The fourth-order valence-corrected chi connectivity index (χ4v) is 8.09. The van der Waals surface area contributed by atoms with Crippen LogP contribution < -0.4 is 10.4 Å². The summed E-state index contributed by atoms with van der Waals surface area (Å²) in [7, 11) is -2.84. The van der Waals surface area contributed by atoms with Crippen LogP contribution in [0.4, 0.5) is 0 Å². The maximum Gasteiger partial charge on any atom is 0.375 e. The third-order valence-corrected chi connectivity index (χ3v) is 9.75. The lowest BCUT2D eigenvalue weighted by Gasteiger charge is -2.43. The van der Waals surface area contributed by atoms with E-state index in [9.17, 15) is 9.59 Å². The van der Waals surface area contributed by atoms with E-state index in [0.717, 1.165) is 10.4 Å². The van der Waals surface area contributed by atoms with Crippen LogP contribution in [0.1, 0.15) is 57.1 Å². The molecule has 0 N–H and O–H groups in total. The van der Waals surface area contributed by atoms with Gasteiger partial charge in [-0.1, -0.05) is 81.4 Å². The van der Waals surface area contributed by atoms with Gasteiger partial charge < -0.3 is 9.16 Å². The van der Waals surface area contributed by atoms with Crippen molar-refractivity contribution in [3.8, 4) is 0 Å². The van der Waals surface area contributed by atoms with Gasteiger partial charge in [-0.15, -0.1) is 0 Å². The van der Waals surface area contributed by atoms with E-state index in [-0.39, 0.29) is 18.1 Å². The smallest absolute Gasteiger partial charge is 0.375 e. The highest BCUT2D eigenvalue weighted by Crippen LogP contribution is 2.36. The Kier molecular flexibility index (Phi) is 6.80. The first-order valence-electron chi connectivity index (χ1n) is 11.2. The Labute approximate surface area is 184 Å². The van der Waals surface area contributed by atoms with Gasteiger partial charge in [-0.3, -0.25) is 4.79 Å². The fourth-order valence-electron chi connectivity index (χ4n) is 3.53. The maximum absolute atomic E-state index is 12.4. The highest BCUT2D eigenvalue weighted by molar-refractivity contribution is 6.99. The van der Waals surface area contributed by atoms with Crippen molar-refractivity contribution in [2.45, 2.75) is 65.0 Å². The van der Waals surface area contributed by atoms with E-state index in [4.69, 9.17) is 11.9 Å². The Hall–Kier alpha value is -2.24. The van der Waals surface area contributed by atoms with Crippen molar-refractivity contribution in [3.63, 3.8) is 0 Å². The van der Waals surface area contributed by atoms with Gasteiger partial charge in [0.1, 0.15) is 5.60 Å². The standard InChI is InChI=1S/C25H34O4Si/c1-24(2,3)29-23(27)22(26)18-13-19-28-30(25(4,5)6,20-14-9-7-10-15-20)21-16-11-8-12-17-21/h7-12,14-17H,13,18-19H2,1-6H3/i18D2. The number of esters is 1. The predicted octanol–water partition coefficient (Wildman–Crippen LogP) is 4.25. The molecule has 0 unspecified atom stereocenters. The van der Waals surface area contributed by atoms with E-state index in [0.29, 0.717) is 0 Å². The van der Waals surface area contributed by atoms with Crippen LogP contribution in [0.25, 0.3) is 0 Å². The topological polar surface area (TPSA) is 52.6 Å². The van der Waals surface area contributed by atoms with Gasteiger partial charge in [-0.25, -0.2) is 4.79 Å². The molecule has 0 aliphatic heterocycles. The summed E-state index contributed by atoms with van der Waals surface area (Å²) >= 11 is 0. The lowest BCUT2D eigenvalue weighted by molar-refractivity contribution is -0.162. The van der Waals surface area contributed by atoms with E-state index in [1.54, 1.807) is 20.8 Å². The average molecular weight is 429 g/mol. The van der Waals surface area contributed by atoms with Crippen LogP contribution in [0.2, 0.25) is 5.04 Å². The summed E-state index contributed by atoms with van der Waals surface area (Å²) in [5, 5.41) is 1.87. The minimum absolute atomic E-state index is 0.00514. The SMILES string of the molecule is [2H]C([2H])(CCO[Si](c1ccccc1)(c1ccccc1)C(C)(C)C)C(=O)C(=O)OC(C)(C)C. The van der Waals surface area contributed by atoms with E-state index in [2.05, 4.69) is 20.8 Å². The molecule has 0 bridgehead atoms. The highest BCUT2D eigenvalue weighted by Gasteiger charge is 2.49. The molecule has 0 aliphatic carbocycles. The molecule has 2 rings (SSSR count). The van der Waals surface area contributed by atoms with Gasteiger partial charge in [0.25, 0.3) is 8.32 Å². The molecule has 4 nitrogen and oxygen atoms in total. The van der Waals surface area contributed by atoms with Crippen molar-refractivity contribution in [2.75, 3.05) is 6.61 Å². The molecule has 0 aliphatic rings. The number of Topliss-reactive ketones (excluding diaryl/α,β-unsaturated/α-hetero) is 1. The van der Waals surface area contributed by atoms with Gasteiger partial charge in [0.2, 0.25) is 5.78 Å². The summed E-state index contributed by atoms with van der Waals surface area (Å²) in [4.78, 5) is 24.6. The minimum atomic E-state index is -2.84. The van der Waals surface area contributed by atoms with Crippen molar-refractivity contribution in [3.05, 3.63) is 60.7 Å². The van der Waals surface area contributed by atoms with Gasteiger partial charge in [0, 0.05) is 15.7 Å². The molecular formula is C25H34O4Si. The number of hydrogen-bond donors (Lipinski definition) is 0. The van der Waals surface area contributed by atoms with E-state index in [1.165, 1.54) is 0 Å². The lowest BCUT2D eigenvalue weighted by Crippen LogP contribution is -2.66. The Morgan fingerprint density at radius 1 is 0.867 bits per heavy atom. The van der Waals surface area contributed by atoms with Crippen LogP contribution in [0.5, 0.6) is 0 Å². The molecule has 5 heteroatoms. The van der Waals surface area contributed by atoms with Crippen molar-refractivity contribution in [1.29, 1.82) is 0 Å². The van der Waals surface area contributed by atoms with Crippen LogP contribution in [0.15, 0.2) is 60.7 Å². The number of carbonyl (C=O) groups is 2. The zero-order chi connectivity index (χ0) is 24.2. The number of benzene rings is 2. The van der Waals surface area contributed by atoms with Gasteiger partial charge in [0.15, 0.2) is 0 Å². The molecule has 162 valence electrons. The van der Waals surface area contributed by atoms with Crippen LogP contribution in [-0.2, 0) is 18.8 Å². The van der Waals surface area contributed by atoms with E-state index >= 15 is 0 Å². The molecule has 0 saturated carbocycles. The Morgan fingerprint density at radius 3 is 1.73 bits per heavy atom. The number of hydrogen-bond acceptors (Lipinski definition) is 4. The summed E-state index contributed by atoms with van der Waals surface area (Å²) in [6.45, 7) is 11.3. The zero-order valence-electron chi connectivity index (χ0n) is 20.8. The number of ketones is 1. The van der Waals surface area contributed by atoms with Crippen LogP contribution in [0, 0.1) is 0 Å². The molecule has 0 atom stereocenters. The Bertz CT molecular complexity index is 877. The molecule has 2 aromatic carbocycles. The lowest BCUT2D eigenvalue weighted by atomic mass is 10.2. The second kappa shape index (κ2) is 9.71. The second-order valence-electron chi connectivity index (χ2n) is 9.27. The second-order valence-corrected chi connectivity index (χ2v) is 13.6. The molecule has 30 heavy (non-hydrogen) atoms. The Balaban J connectivity index is 2.34. The zero-order valence-corrected chi connectivity index (χ0v) is 19.8. The fraction of sp³-hybridized carbons (Fsp3) is 0.440.